The maximum absolute atomic E-state index is 13.3. The predicted molar refractivity (Wildman–Crippen MR) is 50.5 cm³/mol. The van der Waals surface area contributed by atoms with Crippen LogP contribution in [-0.4, -0.2) is 17.3 Å². The Morgan fingerprint density at radius 3 is 2.79 bits per heavy atom. The van der Waals surface area contributed by atoms with Crippen molar-refractivity contribution in [3.63, 3.8) is 0 Å². The third-order valence-electron chi connectivity index (χ3n) is 1.96. The quantitative estimate of drug-likeness (QED) is 0.792. The molecule has 0 fully saturated rings. The minimum atomic E-state index is -0.375. The SMILES string of the molecule is COc1ccc(-c2ccn[nH]2)cc1F. The molecule has 0 aliphatic carbocycles. The molecule has 0 atom stereocenters. The van der Waals surface area contributed by atoms with Crippen molar-refractivity contribution in [2.24, 2.45) is 0 Å². The van der Waals surface area contributed by atoms with Gasteiger partial charge in [-0.25, -0.2) is 4.39 Å². The lowest BCUT2D eigenvalue weighted by atomic mass is 10.1. The number of hydrogen-bond donors (Lipinski definition) is 1. The van der Waals surface area contributed by atoms with E-state index in [9.17, 15) is 4.39 Å². The second kappa shape index (κ2) is 3.49. The summed E-state index contributed by atoms with van der Waals surface area (Å²) in [4.78, 5) is 0. The molecule has 1 N–H and O–H groups in total. The minimum absolute atomic E-state index is 0.244. The van der Waals surface area contributed by atoms with Crippen molar-refractivity contribution in [1.82, 2.24) is 10.2 Å². The Labute approximate surface area is 80.5 Å². The van der Waals surface area contributed by atoms with Crippen molar-refractivity contribution in [2.45, 2.75) is 0 Å². The first-order valence-electron chi connectivity index (χ1n) is 4.14. The Morgan fingerprint density at radius 2 is 2.21 bits per heavy atom. The Kier molecular flexibility index (Phi) is 2.18. The van der Waals surface area contributed by atoms with Gasteiger partial charge in [-0.3, -0.25) is 5.10 Å². The number of halogens is 1. The van der Waals surface area contributed by atoms with Gasteiger partial charge in [-0.1, -0.05) is 0 Å². The molecular formula is C10H9FN2O. The van der Waals surface area contributed by atoms with E-state index in [1.165, 1.54) is 13.2 Å². The number of aromatic amines is 1. The van der Waals surface area contributed by atoms with E-state index in [1.54, 1.807) is 24.4 Å². The van der Waals surface area contributed by atoms with Gasteiger partial charge in [0.1, 0.15) is 0 Å². The fourth-order valence-electron chi connectivity index (χ4n) is 1.25. The highest BCUT2D eigenvalue weighted by molar-refractivity contribution is 5.59. The standard InChI is InChI=1S/C10H9FN2O/c1-14-10-3-2-7(6-8(10)11)9-4-5-12-13-9/h2-6H,1H3,(H,12,13). The van der Waals surface area contributed by atoms with Crippen LogP contribution in [0.5, 0.6) is 5.75 Å². The second-order valence-corrected chi connectivity index (χ2v) is 2.82. The monoisotopic (exact) mass is 192 g/mol. The number of nitrogens with zero attached hydrogens (tertiary/aromatic N) is 1. The summed E-state index contributed by atoms with van der Waals surface area (Å²) in [5, 5.41) is 6.55. The molecule has 1 heterocycles. The molecule has 72 valence electrons. The fraction of sp³-hybridized carbons (Fsp3) is 0.100. The number of H-pyrrole nitrogens is 1. The van der Waals surface area contributed by atoms with Gasteiger partial charge in [-0.05, 0) is 24.3 Å². The van der Waals surface area contributed by atoms with Crippen LogP contribution in [0, 0.1) is 5.82 Å². The average molecular weight is 192 g/mol. The van der Waals surface area contributed by atoms with Crippen LogP contribution in [-0.2, 0) is 0 Å². The van der Waals surface area contributed by atoms with Crippen LogP contribution in [0.4, 0.5) is 4.39 Å². The van der Waals surface area contributed by atoms with Crippen molar-refractivity contribution in [2.75, 3.05) is 7.11 Å². The number of ether oxygens (including phenoxy) is 1. The normalized spacial score (nSPS) is 10.1. The largest absolute Gasteiger partial charge is 0.494 e. The molecule has 4 heteroatoms. The molecule has 14 heavy (non-hydrogen) atoms. The molecule has 0 unspecified atom stereocenters. The van der Waals surface area contributed by atoms with E-state index in [-0.39, 0.29) is 11.6 Å². The van der Waals surface area contributed by atoms with Gasteiger partial charge in [0.05, 0.1) is 12.8 Å². The van der Waals surface area contributed by atoms with Crippen LogP contribution in [0.3, 0.4) is 0 Å². The molecule has 0 radical (unpaired) electrons. The van der Waals surface area contributed by atoms with Gasteiger partial charge in [0.25, 0.3) is 0 Å². The molecule has 0 amide bonds. The van der Waals surface area contributed by atoms with E-state index in [0.717, 1.165) is 11.3 Å². The summed E-state index contributed by atoms with van der Waals surface area (Å²) < 4.78 is 18.1. The smallest absolute Gasteiger partial charge is 0.165 e. The zero-order valence-corrected chi connectivity index (χ0v) is 7.62. The van der Waals surface area contributed by atoms with E-state index < -0.39 is 0 Å². The van der Waals surface area contributed by atoms with Gasteiger partial charge in [0, 0.05) is 11.8 Å². The Hall–Kier alpha value is -1.84. The van der Waals surface area contributed by atoms with Crippen molar-refractivity contribution in [3.8, 4) is 17.0 Å². The maximum atomic E-state index is 13.3. The number of nitrogens with one attached hydrogen (secondary N) is 1. The van der Waals surface area contributed by atoms with Gasteiger partial charge in [-0.15, -0.1) is 0 Å². The van der Waals surface area contributed by atoms with Gasteiger partial charge in [0.2, 0.25) is 0 Å². The van der Waals surface area contributed by atoms with Gasteiger partial charge in [-0.2, -0.15) is 5.10 Å². The molecule has 2 rings (SSSR count). The van der Waals surface area contributed by atoms with E-state index in [2.05, 4.69) is 10.2 Å². The van der Waals surface area contributed by atoms with Gasteiger partial charge >= 0.3 is 0 Å². The first-order chi connectivity index (χ1) is 6.81. The van der Waals surface area contributed by atoms with E-state index in [1.807, 2.05) is 0 Å². The summed E-state index contributed by atoms with van der Waals surface area (Å²) in [6.45, 7) is 0. The van der Waals surface area contributed by atoms with Crippen LogP contribution in [0.15, 0.2) is 30.5 Å². The number of benzene rings is 1. The number of hydrogen-bond acceptors (Lipinski definition) is 2. The molecule has 0 aliphatic heterocycles. The Morgan fingerprint density at radius 1 is 1.36 bits per heavy atom. The van der Waals surface area contributed by atoms with Crippen molar-refractivity contribution >= 4 is 0 Å². The minimum Gasteiger partial charge on any atom is -0.494 e. The molecular weight excluding hydrogens is 183 g/mol. The maximum Gasteiger partial charge on any atom is 0.165 e. The lowest BCUT2D eigenvalue weighted by molar-refractivity contribution is 0.386. The zero-order chi connectivity index (χ0) is 9.97. The fourth-order valence-corrected chi connectivity index (χ4v) is 1.25. The molecule has 2 aromatic rings. The molecule has 0 saturated carbocycles. The Balaban J connectivity index is 2.43. The van der Waals surface area contributed by atoms with Gasteiger partial charge in [0.15, 0.2) is 11.6 Å². The Bertz CT molecular complexity index is 426. The van der Waals surface area contributed by atoms with Crippen LogP contribution in [0.2, 0.25) is 0 Å². The summed E-state index contributed by atoms with van der Waals surface area (Å²) in [7, 11) is 1.44. The lowest BCUT2D eigenvalue weighted by Crippen LogP contribution is -1.88. The first-order valence-corrected chi connectivity index (χ1v) is 4.14. The summed E-state index contributed by atoms with van der Waals surface area (Å²) in [6.07, 6.45) is 1.62. The first kappa shape index (κ1) is 8.74. The summed E-state index contributed by atoms with van der Waals surface area (Å²) >= 11 is 0. The predicted octanol–water partition coefficient (Wildman–Crippen LogP) is 2.22. The number of methoxy groups -OCH3 is 1. The van der Waals surface area contributed by atoms with E-state index in [4.69, 9.17) is 4.74 Å². The van der Waals surface area contributed by atoms with Crippen molar-refractivity contribution < 1.29 is 9.13 Å². The van der Waals surface area contributed by atoms with Gasteiger partial charge < -0.3 is 4.74 Å². The number of rotatable bonds is 2. The highest BCUT2D eigenvalue weighted by Crippen LogP contribution is 2.23. The lowest BCUT2D eigenvalue weighted by Gasteiger charge is -2.02. The summed E-state index contributed by atoms with van der Waals surface area (Å²) in [6, 6.07) is 6.55. The summed E-state index contributed by atoms with van der Waals surface area (Å²) in [5.74, 6) is -0.132. The molecule has 3 nitrogen and oxygen atoms in total. The molecule has 0 spiro atoms. The zero-order valence-electron chi connectivity index (χ0n) is 7.62. The van der Waals surface area contributed by atoms with Crippen LogP contribution < -0.4 is 4.74 Å². The molecule has 0 saturated heterocycles. The topological polar surface area (TPSA) is 37.9 Å². The van der Waals surface area contributed by atoms with E-state index >= 15 is 0 Å². The summed E-state index contributed by atoms with van der Waals surface area (Å²) in [5.41, 5.74) is 1.53. The highest BCUT2D eigenvalue weighted by atomic mass is 19.1. The third-order valence-corrected chi connectivity index (χ3v) is 1.96. The molecule has 1 aromatic heterocycles. The third kappa shape index (κ3) is 1.46. The molecule has 0 bridgehead atoms. The average Bonchev–Trinajstić information content (AvgIpc) is 2.70. The van der Waals surface area contributed by atoms with E-state index in [0.29, 0.717) is 0 Å². The van der Waals surface area contributed by atoms with Crippen molar-refractivity contribution in [3.05, 3.63) is 36.3 Å². The van der Waals surface area contributed by atoms with Crippen LogP contribution in [0.25, 0.3) is 11.3 Å². The second-order valence-electron chi connectivity index (χ2n) is 2.82. The highest BCUT2D eigenvalue weighted by Gasteiger charge is 2.05. The molecule has 1 aromatic carbocycles. The number of aromatic nitrogens is 2. The molecule has 0 aliphatic rings. The van der Waals surface area contributed by atoms with Crippen molar-refractivity contribution in [1.29, 1.82) is 0 Å². The van der Waals surface area contributed by atoms with Crippen LogP contribution >= 0.6 is 0 Å². The van der Waals surface area contributed by atoms with Crippen LogP contribution in [0.1, 0.15) is 0 Å².